The highest BCUT2D eigenvalue weighted by atomic mass is 19.1. The van der Waals surface area contributed by atoms with Crippen molar-refractivity contribution in [2.75, 3.05) is 0 Å². The van der Waals surface area contributed by atoms with Gasteiger partial charge in [-0.25, -0.2) is 8.78 Å². The molecule has 3 rings (SSSR count). The third-order valence-corrected chi connectivity index (χ3v) is 3.41. The summed E-state index contributed by atoms with van der Waals surface area (Å²) in [7, 11) is 0. The highest BCUT2D eigenvalue weighted by Gasteiger charge is 2.10. The van der Waals surface area contributed by atoms with Crippen molar-refractivity contribution in [3.05, 3.63) is 48.3 Å². The highest BCUT2D eigenvalue weighted by Crippen LogP contribution is 2.24. The van der Waals surface area contributed by atoms with Crippen molar-refractivity contribution in [1.82, 2.24) is 14.8 Å². The summed E-state index contributed by atoms with van der Waals surface area (Å²) >= 11 is 0. The Morgan fingerprint density at radius 3 is 2.50 bits per heavy atom. The molecule has 0 aliphatic heterocycles. The molecule has 1 aromatic carbocycles. The van der Waals surface area contributed by atoms with Crippen molar-refractivity contribution in [3.63, 3.8) is 0 Å². The van der Waals surface area contributed by atoms with Gasteiger partial charge in [-0.3, -0.25) is 14.5 Å². The van der Waals surface area contributed by atoms with E-state index < -0.39 is 11.6 Å². The number of ketones is 1. The van der Waals surface area contributed by atoms with Crippen molar-refractivity contribution in [2.45, 2.75) is 19.9 Å². The average Bonchev–Trinajstić information content (AvgIpc) is 2.88. The van der Waals surface area contributed by atoms with Crippen LogP contribution in [0.5, 0.6) is 0 Å². The number of nitrogens with zero attached hydrogens (tertiary/aromatic N) is 3. The van der Waals surface area contributed by atoms with Crippen LogP contribution in [0.2, 0.25) is 0 Å². The molecule has 0 radical (unpaired) electrons. The van der Waals surface area contributed by atoms with Gasteiger partial charge in [-0.05, 0) is 23.8 Å². The summed E-state index contributed by atoms with van der Waals surface area (Å²) in [5, 5.41) is 4.14. The van der Waals surface area contributed by atoms with Gasteiger partial charge in [0.2, 0.25) is 0 Å². The Balaban J connectivity index is 2.08. The number of hydrogen-bond acceptors (Lipinski definition) is 3. The van der Waals surface area contributed by atoms with Crippen LogP contribution in [0.15, 0.2) is 36.7 Å². The van der Waals surface area contributed by atoms with Crippen molar-refractivity contribution < 1.29 is 13.6 Å². The van der Waals surface area contributed by atoms with Gasteiger partial charge in [0.05, 0.1) is 11.7 Å². The predicted molar refractivity (Wildman–Crippen MR) is 78.2 cm³/mol. The summed E-state index contributed by atoms with van der Waals surface area (Å²) in [6.07, 6.45) is 3.52. The van der Waals surface area contributed by atoms with Crippen LogP contribution in [0, 0.1) is 11.6 Å². The van der Waals surface area contributed by atoms with E-state index >= 15 is 0 Å². The number of hydrogen-bond donors (Lipinski definition) is 0. The highest BCUT2D eigenvalue weighted by molar-refractivity contribution is 5.83. The largest absolute Gasteiger partial charge is 0.298 e. The number of benzene rings is 1. The zero-order chi connectivity index (χ0) is 15.7. The minimum absolute atomic E-state index is 0.0483. The lowest BCUT2D eigenvalue weighted by Crippen LogP contribution is -2.09. The molecule has 2 heterocycles. The van der Waals surface area contributed by atoms with Gasteiger partial charge in [0.15, 0.2) is 5.78 Å². The fourth-order valence-electron chi connectivity index (χ4n) is 2.24. The normalized spacial score (nSPS) is 11.0. The zero-order valence-electron chi connectivity index (χ0n) is 11.9. The fourth-order valence-corrected chi connectivity index (χ4v) is 2.24. The molecule has 6 heteroatoms. The first-order valence-electron chi connectivity index (χ1n) is 6.86. The van der Waals surface area contributed by atoms with E-state index in [4.69, 9.17) is 0 Å². The Morgan fingerprint density at radius 2 is 1.82 bits per heavy atom. The Labute approximate surface area is 125 Å². The van der Waals surface area contributed by atoms with E-state index in [0.29, 0.717) is 28.6 Å². The van der Waals surface area contributed by atoms with Crippen LogP contribution in [0.1, 0.15) is 13.3 Å². The molecule has 0 N–H and O–H groups in total. The summed E-state index contributed by atoms with van der Waals surface area (Å²) < 4.78 is 28.2. The van der Waals surface area contributed by atoms with Gasteiger partial charge < -0.3 is 0 Å². The molecule has 0 amide bonds. The van der Waals surface area contributed by atoms with Gasteiger partial charge in [0.25, 0.3) is 0 Å². The first kappa shape index (κ1) is 14.3. The average molecular weight is 301 g/mol. The summed E-state index contributed by atoms with van der Waals surface area (Å²) in [4.78, 5) is 15.8. The third-order valence-electron chi connectivity index (χ3n) is 3.41. The number of carbonyl (C=O) groups excluding carboxylic acids is 1. The van der Waals surface area contributed by atoms with E-state index in [2.05, 4.69) is 10.1 Å². The Hall–Kier alpha value is -2.63. The summed E-state index contributed by atoms with van der Waals surface area (Å²) in [6, 6.07) is 5.03. The SMILES string of the molecule is CCC(=O)Cn1ncc2ncc(-c3cc(F)cc(F)c3)cc21. The standard InChI is InChI=1S/C16H13F2N3O/c1-2-14(22)9-21-16-5-11(7-19-15(16)8-20-21)10-3-12(17)6-13(18)4-10/h3-8H,2,9H2,1H3. The van der Waals surface area contributed by atoms with Crippen LogP contribution in [0.4, 0.5) is 8.78 Å². The Morgan fingerprint density at radius 1 is 1.09 bits per heavy atom. The molecule has 112 valence electrons. The Kier molecular flexibility index (Phi) is 3.66. The summed E-state index contributed by atoms with van der Waals surface area (Å²) in [5.74, 6) is -1.25. The molecule has 0 atom stereocenters. The lowest BCUT2D eigenvalue weighted by atomic mass is 10.1. The number of fused-ring (bicyclic) bond motifs is 1. The molecule has 0 aliphatic carbocycles. The molecule has 0 bridgehead atoms. The first-order valence-corrected chi connectivity index (χ1v) is 6.86. The molecule has 0 fully saturated rings. The topological polar surface area (TPSA) is 47.8 Å². The van der Waals surface area contributed by atoms with Gasteiger partial charge in [0, 0.05) is 24.2 Å². The van der Waals surface area contributed by atoms with Gasteiger partial charge in [-0.2, -0.15) is 5.10 Å². The monoisotopic (exact) mass is 301 g/mol. The number of pyridine rings is 1. The van der Waals surface area contributed by atoms with Gasteiger partial charge in [-0.15, -0.1) is 0 Å². The van der Waals surface area contributed by atoms with Crippen LogP contribution in [-0.2, 0) is 11.3 Å². The van der Waals surface area contributed by atoms with Crippen molar-refractivity contribution >= 4 is 16.8 Å². The zero-order valence-corrected chi connectivity index (χ0v) is 11.9. The predicted octanol–water partition coefficient (Wildman–Crippen LogP) is 3.36. The number of carbonyl (C=O) groups is 1. The lowest BCUT2D eigenvalue weighted by molar-refractivity contribution is -0.119. The lowest BCUT2D eigenvalue weighted by Gasteiger charge is -2.05. The fraction of sp³-hybridized carbons (Fsp3) is 0.188. The van der Waals surface area contributed by atoms with E-state index in [1.807, 2.05) is 0 Å². The quantitative estimate of drug-likeness (QED) is 0.742. The van der Waals surface area contributed by atoms with Crippen LogP contribution in [-0.4, -0.2) is 20.5 Å². The minimum Gasteiger partial charge on any atom is -0.298 e. The molecule has 2 aromatic heterocycles. The van der Waals surface area contributed by atoms with E-state index in [-0.39, 0.29) is 12.3 Å². The van der Waals surface area contributed by atoms with E-state index in [1.165, 1.54) is 18.3 Å². The van der Waals surface area contributed by atoms with E-state index in [1.54, 1.807) is 23.9 Å². The summed E-state index contributed by atoms with van der Waals surface area (Å²) in [6.45, 7) is 1.94. The maximum absolute atomic E-state index is 13.3. The molecule has 0 saturated carbocycles. The van der Waals surface area contributed by atoms with Crippen LogP contribution in [0.25, 0.3) is 22.2 Å². The number of Topliss-reactive ketones (excluding diaryl/α,β-unsaturated/α-hetero) is 1. The maximum Gasteiger partial charge on any atom is 0.154 e. The van der Waals surface area contributed by atoms with Crippen molar-refractivity contribution in [1.29, 1.82) is 0 Å². The van der Waals surface area contributed by atoms with Gasteiger partial charge >= 0.3 is 0 Å². The molecule has 0 unspecified atom stereocenters. The van der Waals surface area contributed by atoms with Crippen LogP contribution < -0.4 is 0 Å². The number of aromatic nitrogens is 3. The molecule has 0 spiro atoms. The van der Waals surface area contributed by atoms with Crippen LogP contribution >= 0.6 is 0 Å². The van der Waals surface area contributed by atoms with E-state index in [0.717, 1.165) is 6.07 Å². The van der Waals surface area contributed by atoms with E-state index in [9.17, 15) is 13.6 Å². The van der Waals surface area contributed by atoms with Gasteiger partial charge in [-0.1, -0.05) is 6.92 Å². The molecule has 3 aromatic rings. The first-order chi connectivity index (χ1) is 10.6. The molecule has 0 saturated heterocycles. The second kappa shape index (κ2) is 5.63. The number of halogens is 2. The minimum atomic E-state index is -0.648. The molecular formula is C16H13F2N3O. The molecular weight excluding hydrogens is 288 g/mol. The van der Waals surface area contributed by atoms with Crippen molar-refractivity contribution in [2.24, 2.45) is 0 Å². The smallest absolute Gasteiger partial charge is 0.154 e. The van der Waals surface area contributed by atoms with Gasteiger partial charge in [0.1, 0.15) is 23.7 Å². The number of rotatable bonds is 4. The molecule has 4 nitrogen and oxygen atoms in total. The summed E-state index contributed by atoms with van der Waals surface area (Å²) in [5.41, 5.74) is 2.24. The molecule has 0 aliphatic rings. The second-order valence-corrected chi connectivity index (χ2v) is 4.98. The Bertz CT molecular complexity index is 837. The molecule has 22 heavy (non-hydrogen) atoms. The van der Waals surface area contributed by atoms with Crippen molar-refractivity contribution in [3.8, 4) is 11.1 Å². The third kappa shape index (κ3) is 2.72. The second-order valence-electron chi connectivity index (χ2n) is 4.98. The maximum atomic E-state index is 13.3. The van der Waals surface area contributed by atoms with Crippen LogP contribution in [0.3, 0.4) is 0 Å².